The van der Waals surface area contributed by atoms with Crippen LogP contribution < -0.4 is 5.32 Å². The number of ether oxygens (including phenoxy) is 2. The van der Waals surface area contributed by atoms with Crippen LogP contribution in [0.1, 0.15) is 71.9 Å². The fourth-order valence-corrected chi connectivity index (χ4v) is 5.41. The smallest absolute Gasteiger partial charge is 0.410 e. The summed E-state index contributed by atoms with van der Waals surface area (Å²) in [6, 6.07) is 4.40. The molecule has 1 saturated heterocycles. The highest BCUT2D eigenvalue weighted by molar-refractivity contribution is 6.74. The van der Waals surface area contributed by atoms with Crippen LogP contribution in [0.3, 0.4) is 0 Å². The summed E-state index contributed by atoms with van der Waals surface area (Å²) in [6.45, 7) is 19.2. The first-order chi connectivity index (χ1) is 17.4. The molecule has 1 fully saturated rings. The summed E-state index contributed by atoms with van der Waals surface area (Å²) < 4.78 is 17.6. The summed E-state index contributed by atoms with van der Waals surface area (Å²) in [5.41, 5.74) is 0.801. The lowest BCUT2D eigenvalue weighted by atomic mass is 10.1. The minimum Gasteiger partial charge on any atom is -0.445 e. The Kier molecular flexibility index (Phi) is 10.3. The molecule has 1 aliphatic heterocycles. The number of carbonyl (C=O) groups excluding carboxylic acids is 2. The third kappa shape index (κ3) is 9.27. The summed E-state index contributed by atoms with van der Waals surface area (Å²) >= 11 is 0. The van der Waals surface area contributed by atoms with Gasteiger partial charge in [-0.3, -0.25) is 10.1 Å². The van der Waals surface area contributed by atoms with Crippen molar-refractivity contribution < 1.29 is 28.4 Å². The van der Waals surface area contributed by atoms with Gasteiger partial charge in [0.2, 0.25) is 0 Å². The van der Waals surface area contributed by atoms with Crippen LogP contribution in [0, 0.1) is 17.0 Å². The van der Waals surface area contributed by atoms with Crippen LogP contribution in [0.15, 0.2) is 18.2 Å². The summed E-state index contributed by atoms with van der Waals surface area (Å²) in [5.74, 6) is 0. The maximum Gasteiger partial charge on any atom is 0.410 e. The number of nitrogens with zero attached hydrogens (tertiary/aromatic N) is 2. The van der Waals surface area contributed by atoms with Crippen LogP contribution in [-0.2, 0) is 20.5 Å². The third-order valence-electron chi connectivity index (χ3n) is 7.15. The first kappa shape index (κ1) is 31.6. The number of nitro benzene ring substituents is 1. The van der Waals surface area contributed by atoms with Gasteiger partial charge in [-0.05, 0) is 82.3 Å². The number of amides is 2. The first-order valence-corrected chi connectivity index (χ1v) is 16.1. The van der Waals surface area contributed by atoms with Gasteiger partial charge < -0.3 is 24.1 Å². The highest BCUT2D eigenvalue weighted by Gasteiger charge is 2.44. The van der Waals surface area contributed by atoms with E-state index >= 15 is 0 Å². The van der Waals surface area contributed by atoms with E-state index in [2.05, 4.69) is 39.2 Å². The monoisotopic (exact) mass is 551 g/mol. The molecule has 2 rings (SSSR count). The van der Waals surface area contributed by atoms with Gasteiger partial charge in [-0.1, -0.05) is 20.8 Å². The van der Waals surface area contributed by atoms with Gasteiger partial charge in [-0.15, -0.1) is 0 Å². The Balaban J connectivity index is 1.89. The number of hydrogen-bond donors (Lipinski definition) is 1. The fraction of sp³-hybridized carbons (Fsp3) is 0.704. The van der Waals surface area contributed by atoms with E-state index in [1.165, 1.54) is 12.1 Å². The predicted octanol–water partition coefficient (Wildman–Crippen LogP) is 6.31. The van der Waals surface area contributed by atoms with E-state index in [1.807, 2.05) is 20.8 Å². The quantitative estimate of drug-likeness (QED) is 0.165. The molecule has 1 aromatic carbocycles. The van der Waals surface area contributed by atoms with Gasteiger partial charge in [0.05, 0.1) is 11.0 Å². The molecule has 11 heteroatoms. The Morgan fingerprint density at radius 3 is 2.39 bits per heavy atom. The molecule has 1 aromatic rings. The topological polar surface area (TPSA) is 120 Å². The Morgan fingerprint density at radius 1 is 1.18 bits per heavy atom. The SMILES string of the molecule is Cc1cc([N+](=O)[O-])ccc1COC(=O)NCCC[C@@H]1C[C@@H](O[Si](C)(C)C(C)(C)C)CN1C(=O)OC(C)(C)C. The molecule has 0 aliphatic carbocycles. The number of likely N-dealkylation sites (tertiary alicyclic amines) is 1. The Labute approximate surface area is 227 Å². The van der Waals surface area contributed by atoms with Crippen LogP contribution in [-0.4, -0.2) is 61.2 Å². The van der Waals surface area contributed by atoms with Crippen molar-refractivity contribution in [2.75, 3.05) is 13.1 Å². The molecule has 1 heterocycles. The van der Waals surface area contributed by atoms with Gasteiger partial charge >= 0.3 is 12.2 Å². The van der Waals surface area contributed by atoms with Crippen molar-refractivity contribution in [3.05, 3.63) is 39.4 Å². The molecule has 10 nitrogen and oxygen atoms in total. The van der Waals surface area contributed by atoms with Crippen molar-refractivity contribution >= 4 is 26.2 Å². The highest BCUT2D eigenvalue weighted by Crippen LogP contribution is 2.39. The number of benzene rings is 1. The van der Waals surface area contributed by atoms with E-state index < -0.39 is 24.9 Å². The molecule has 0 spiro atoms. The standard InChI is InChI=1S/C27H45N3O7Si/c1-19-15-22(30(33)34)13-12-20(19)18-35-24(31)28-14-10-11-21-16-23(37-38(8,9)27(5,6)7)17-29(21)25(32)36-26(2,3)4/h12-13,15,21,23H,10-11,14,16-18H2,1-9H3,(H,28,31)/t21-,23-/m1/s1. The van der Waals surface area contributed by atoms with E-state index in [1.54, 1.807) is 17.9 Å². The summed E-state index contributed by atoms with van der Waals surface area (Å²) in [6.07, 6.45) is 1.14. The largest absolute Gasteiger partial charge is 0.445 e. The molecule has 0 bridgehead atoms. The first-order valence-electron chi connectivity index (χ1n) is 13.2. The number of nitro groups is 1. The molecule has 0 unspecified atom stereocenters. The zero-order valence-corrected chi connectivity index (χ0v) is 25.4. The molecule has 2 atom stereocenters. The molecule has 214 valence electrons. The number of nitrogens with one attached hydrogen (secondary N) is 1. The van der Waals surface area contributed by atoms with E-state index in [4.69, 9.17) is 13.9 Å². The Bertz CT molecular complexity index is 1000. The van der Waals surface area contributed by atoms with Gasteiger partial charge in [-0.2, -0.15) is 0 Å². The van der Waals surface area contributed by atoms with Crippen LogP contribution in [0.2, 0.25) is 18.1 Å². The number of carbonyl (C=O) groups is 2. The van der Waals surface area contributed by atoms with Gasteiger partial charge in [-0.25, -0.2) is 9.59 Å². The molecule has 0 radical (unpaired) electrons. The Hall–Kier alpha value is -2.66. The number of alkyl carbamates (subject to hydrolysis) is 1. The number of rotatable bonds is 9. The van der Waals surface area contributed by atoms with Crippen molar-refractivity contribution in [1.82, 2.24) is 10.2 Å². The van der Waals surface area contributed by atoms with Crippen molar-refractivity contribution in [3.63, 3.8) is 0 Å². The number of aryl methyl sites for hydroxylation is 1. The second-order valence-corrected chi connectivity index (χ2v) is 17.3. The average Bonchev–Trinajstić information content (AvgIpc) is 3.15. The second-order valence-electron chi connectivity index (χ2n) is 12.5. The van der Waals surface area contributed by atoms with Gasteiger partial charge in [0, 0.05) is 31.3 Å². The molecule has 0 saturated carbocycles. The van der Waals surface area contributed by atoms with Crippen molar-refractivity contribution in [1.29, 1.82) is 0 Å². The van der Waals surface area contributed by atoms with E-state index in [0.717, 1.165) is 6.42 Å². The van der Waals surface area contributed by atoms with Gasteiger partial charge in [0.15, 0.2) is 8.32 Å². The second kappa shape index (κ2) is 12.5. The van der Waals surface area contributed by atoms with Gasteiger partial charge in [0.1, 0.15) is 12.2 Å². The van der Waals surface area contributed by atoms with Crippen molar-refractivity contribution in [2.45, 2.75) is 110 Å². The number of hydrogen-bond acceptors (Lipinski definition) is 7. The van der Waals surface area contributed by atoms with Crippen molar-refractivity contribution in [3.8, 4) is 0 Å². The summed E-state index contributed by atoms with van der Waals surface area (Å²) in [7, 11) is -2.00. The van der Waals surface area contributed by atoms with Crippen LogP contribution in [0.5, 0.6) is 0 Å². The third-order valence-corrected chi connectivity index (χ3v) is 11.7. The van der Waals surface area contributed by atoms with E-state index in [9.17, 15) is 19.7 Å². The average molecular weight is 552 g/mol. The van der Waals surface area contributed by atoms with Crippen LogP contribution in [0.25, 0.3) is 0 Å². The molecule has 2 amide bonds. The van der Waals surface area contributed by atoms with Crippen molar-refractivity contribution in [2.24, 2.45) is 0 Å². The minimum absolute atomic E-state index is 0.00000731. The molecular formula is C27H45N3O7Si. The molecule has 1 N–H and O–H groups in total. The number of non-ortho nitro benzene ring substituents is 1. The fourth-order valence-electron chi connectivity index (χ4n) is 4.05. The lowest BCUT2D eigenvalue weighted by Crippen LogP contribution is -2.45. The zero-order valence-electron chi connectivity index (χ0n) is 24.4. The molecular weight excluding hydrogens is 506 g/mol. The summed E-state index contributed by atoms with van der Waals surface area (Å²) in [4.78, 5) is 37.4. The Morgan fingerprint density at radius 2 is 1.84 bits per heavy atom. The van der Waals surface area contributed by atoms with Crippen LogP contribution in [0.4, 0.5) is 15.3 Å². The zero-order chi connectivity index (χ0) is 28.9. The van der Waals surface area contributed by atoms with Gasteiger partial charge in [0.25, 0.3) is 5.69 Å². The predicted molar refractivity (Wildman–Crippen MR) is 149 cm³/mol. The highest BCUT2D eigenvalue weighted by atomic mass is 28.4. The normalized spacial score (nSPS) is 18.3. The maximum absolute atomic E-state index is 13.0. The van der Waals surface area contributed by atoms with E-state index in [-0.39, 0.29) is 35.6 Å². The molecule has 0 aromatic heterocycles. The lowest BCUT2D eigenvalue weighted by molar-refractivity contribution is -0.384. The van der Waals surface area contributed by atoms with Crippen LogP contribution >= 0.6 is 0 Å². The maximum atomic E-state index is 13.0. The molecule has 1 aliphatic rings. The molecule has 38 heavy (non-hydrogen) atoms. The lowest BCUT2D eigenvalue weighted by Gasteiger charge is -2.38. The minimum atomic E-state index is -2.00. The summed E-state index contributed by atoms with van der Waals surface area (Å²) in [5, 5.41) is 13.7. The van der Waals surface area contributed by atoms with E-state index in [0.29, 0.717) is 37.1 Å².